The highest BCUT2D eigenvalue weighted by atomic mass is 79.9. The van der Waals surface area contributed by atoms with Gasteiger partial charge in [-0.1, -0.05) is 15.9 Å². The maximum absolute atomic E-state index is 12.5. The standard InChI is InChI=1S/C11H13Br2F2NO3S/c1-7-4-9(13)10(5-8(7)12)20(18,19)16(2-3-17)6-11(14)15/h4-5,11,17H,2-3,6H2,1H3. The number of aryl methyl sites for hydroxylation is 1. The molecule has 0 unspecified atom stereocenters. The molecule has 0 spiro atoms. The number of sulfonamides is 1. The van der Waals surface area contributed by atoms with Gasteiger partial charge in [-0.15, -0.1) is 0 Å². The molecule has 20 heavy (non-hydrogen) atoms. The average molecular weight is 437 g/mol. The highest BCUT2D eigenvalue weighted by Gasteiger charge is 2.29. The number of hydrogen-bond donors (Lipinski definition) is 1. The van der Waals surface area contributed by atoms with Crippen molar-refractivity contribution in [1.29, 1.82) is 0 Å². The van der Waals surface area contributed by atoms with Gasteiger partial charge in [-0.2, -0.15) is 4.31 Å². The van der Waals surface area contributed by atoms with E-state index < -0.39 is 29.6 Å². The van der Waals surface area contributed by atoms with Crippen molar-refractivity contribution in [3.8, 4) is 0 Å². The smallest absolute Gasteiger partial charge is 0.252 e. The van der Waals surface area contributed by atoms with Crippen molar-refractivity contribution in [3.05, 3.63) is 26.6 Å². The summed E-state index contributed by atoms with van der Waals surface area (Å²) < 4.78 is 51.1. The van der Waals surface area contributed by atoms with Gasteiger partial charge in [0.2, 0.25) is 10.0 Å². The third-order valence-electron chi connectivity index (χ3n) is 2.52. The number of nitrogens with zero attached hydrogens (tertiary/aromatic N) is 1. The minimum atomic E-state index is -4.11. The van der Waals surface area contributed by atoms with E-state index in [1.165, 1.54) is 6.07 Å². The minimum absolute atomic E-state index is 0.121. The molecule has 1 aromatic rings. The van der Waals surface area contributed by atoms with Crippen molar-refractivity contribution < 1.29 is 22.3 Å². The quantitative estimate of drug-likeness (QED) is 0.745. The summed E-state index contributed by atoms with van der Waals surface area (Å²) in [5, 5.41) is 8.86. The van der Waals surface area contributed by atoms with Gasteiger partial charge in [0.15, 0.2) is 0 Å². The largest absolute Gasteiger partial charge is 0.395 e. The van der Waals surface area contributed by atoms with Gasteiger partial charge in [-0.3, -0.25) is 0 Å². The molecule has 0 radical (unpaired) electrons. The first kappa shape index (κ1) is 18.0. The van der Waals surface area contributed by atoms with E-state index >= 15 is 0 Å². The number of aliphatic hydroxyl groups excluding tert-OH is 1. The Labute approximate surface area is 133 Å². The number of alkyl halides is 2. The molecule has 0 saturated carbocycles. The summed E-state index contributed by atoms with van der Waals surface area (Å²) in [5.74, 6) is 0. The van der Waals surface area contributed by atoms with Crippen LogP contribution in [0.3, 0.4) is 0 Å². The van der Waals surface area contributed by atoms with E-state index in [0.29, 0.717) is 8.78 Å². The van der Waals surface area contributed by atoms with Crippen molar-refractivity contribution >= 4 is 41.9 Å². The molecule has 0 aliphatic heterocycles. The topological polar surface area (TPSA) is 57.6 Å². The fourth-order valence-electron chi connectivity index (χ4n) is 1.54. The summed E-state index contributed by atoms with van der Waals surface area (Å²) in [4.78, 5) is -0.121. The normalized spacial score (nSPS) is 12.4. The lowest BCUT2D eigenvalue weighted by atomic mass is 10.2. The number of rotatable bonds is 6. The summed E-state index contributed by atoms with van der Waals surface area (Å²) in [6.45, 7) is -0.0993. The highest BCUT2D eigenvalue weighted by Crippen LogP contribution is 2.31. The van der Waals surface area contributed by atoms with Crippen molar-refractivity contribution in [2.45, 2.75) is 18.2 Å². The lowest BCUT2D eigenvalue weighted by Crippen LogP contribution is -2.37. The fourth-order valence-corrected chi connectivity index (χ4v) is 4.59. The summed E-state index contributed by atoms with van der Waals surface area (Å²) >= 11 is 6.34. The first-order chi connectivity index (χ1) is 9.20. The zero-order valence-corrected chi connectivity index (χ0v) is 14.5. The molecule has 114 valence electrons. The first-order valence-electron chi connectivity index (χ1n) is 5.55. The van der Waals surface area contributed by atoms with Crippen LogP contribution in [0.1, 0.15) is 5.56 Å². The van der Waals surface area contributed by atoms with Crippen molar-refractivity contribution in [1.82, 2.24) is 4.31 Å². The van der Waals surface area contributed by atoms with Gasteiger partial charge in [-0.25, -0.2) is 17.2 Å². The zero-order chi connectivity index (χ0) is 15.5. The molecular weight excluding hydrogens is 424 g/mol. The van der Waals surface area contributed by atoms with Gasteiger partial charge in [0, 0.05) is 15.5 Å². The Kier molecular flexibility index (Phi) is 6.52. The minimum Gasteiger partial charge on any atom is -0.395 e. The van der Waals surface area contributed by atoms with Gasteiger partial charge >= 0.3 is 0 Å². The molecule has 0 atom stereocenters. The molecule has 1 rings (SSSR count). The maximum Gasteiger partial charge on any atom is 0.252 e. The SMILES string of the molecule is Cc1cc(Br)c(S(=O)(=O)N(CCO)CC(F)F)cc1Br. The highest BCUT2D eigenvalue weighted by molar-refractivity contribution is 9.11. The second kappa shape index (κ2) is 7.26. The van der Waals surface area contributed by atoms with Gasteiger partial charge in [-0.05, 0) is 40.5 Å². The Balaban J connectivity index is 3.29. The Hall–Kier alpha value is -0.0900. The average Bonchev–Trinajstić information content (AvgIpc) is 2.32. The van der Waals surface area contributed by atoms with Gasteiger partial charge in [0.1, 0.15) is 0 Å². The Morgan fingerprint density at radius 1 is 1.30 bits per heavy atom. The fraction of sp³-hybridized carbons (Fsp3) is 0.455. The number of hydrogen-bond acceptors (Lipinski definition) is 3. The van der Waals surface area contributed by atoms with Crippen LogP contribution in [0.5, 0.6) is 0 Å². The lowest BCUT2D eigenvalue weighted by Gasteiger charge is -2.22. The van der Waals surface area contributed by atoms with E-state index in [-0.39, 0.29) is 15.9 Å². The molecule has 0 aromatic heterocycles. The van der Waals surface area contributed by atoms with E-state index in [9.17, 15) is 17.2 Å². The molecule has 0 bridgehead atoms. The van der Waals surface area contributed by atoms with Crippen LogP contribution in [0.2, 0.25) is 0 Å². The second-order valence-electron chi connectivity index (χ2n) is 4.01. The van der Waals surface area contributed by atoms with Gasteiger partial charge < -0.3 is 5.11 Å². The van der Waals surface area contributed by atoms with Crippen LogP contribution >= 0.6 is 31.9 Å². The molecule has 0 saturated heterocycles. The second-order valence-corrected chi connectivity index (χ2v) is 7.62. The van der Waals surface area contributed by atoms with Gasteiger partial charge in [0.05, 0.1) is 18.0 Å². The molecule has 9 heteroatoms. The van der Waals surface area contributed by atoms with E-state index in [2.05, 4.69) is 31.9 Å². The molecule has 0 fully saturated rings. The van der Waals surface area contributed by atoms with E-state index in [0.717, 1.165) is 5.56 Å². The number of benzene rings is 1. The summed E-state index contributed by atoms with van der Waals surface area (Å²) in [6, 6.07) is 2.93. The molecule has 0 heterocycles. The van der Waals surface area contributed by atoms with E-state index in [1.54, 1.807) is 13.0 Å². The Morgan fingerprint density at radius 3 is 2.40 bits per heavy atom. The van der Waals surface area contributed by atoms with E-state index in [4.69, 9.17) is 5.11 Å². The van der Waals surface area contributed by atoms with Crippen molar-refractivity contribution in [2.24, 2.45) is 0 Å². The Morgan fingerprint density at radius 2 is 1.90 bits per heavy atom. The van der Waals surface area contributed by atoms with Crippen LogP contribution in [0, 0.1) is 6.92 Å². The van der Waals surface area contributed by atoms with Crippen molar-refractivity contribution in [2.75, 3.05) is 19.7 Å². The predicted octanol–water partition coefficient (Wildman–Crippen LogP) is 2.77. The first-order valence-corrected chi connectivity index (χ1v) is 8.57. The Bertz CT molecular complexity index is 581. The molecule has 0 aliphatic carbocycles. The summed E-state index contributed by atoms with van der Waals surface area (Å²) in [7, 11) is -4.11. The summed E-state index contributed by atoms with van der Waals surface area (Å²) in [5.41, 5.74) is 0.804. The molecule has 0 amide bonds. The van der Waals surface area contributed by atoms with Crippen LogP contribution in [0.25, 0.3) is 0 Å². The maximum atomic E-state index is 12.5. The lowest BCUT2D eigenvalue weighted by molar-refractivity contribution is 0.113. The summed E-state index contributed by atoms with van der Waals surface area (Å²) in [6.07, 6.45) is -2.82. The molecule has 0 aliphatic rings. The molecule has 1 aromatic carbocycles. The molecule has 1 N–H and O–H groups in total. The van der Waals surface area contributed by atoms with Crippen LogP contribution < -0.4 is 0 Å². The predicted molar refractivity (Wildman–Crippen MR) is 78.4 cm³/mol. The third-order valence-corrected chi connectivity index (χ3v) is 6.20. The van der Waals surface area contributed by atoms with Crippen LogP contribution in [0.15, 0.2) is 26.0 Å². The molecular formula is C11H13Br2F2NO3S. The van der Waals surface area contributed by atoms with Crippen LogP contribution in [-0.4, -0.2) is 44.0 Å². The third kappa shape index (κ3) is 4.20. The van der Waals surface area contributed by atoms with Crippen molar-refractivity contribution in [3.63, 3.8) is 0 Å². The van der Waals surface area contributed by atoms with Crippen LogP contribution in [0.4, 0.5) is 8.78 Å². The van der Waals surface area contributed by atoms with E-state index in [1.807, 2.05) is 0 Å². The monoisotopic (exact) mass is 435 g/mol. The van der Waals surface area contributed by atoms with Crippen LogP contribution in [-0.2, 0) is 10.0 Å². The zero-order valence-electron chi connectivity index (χ0n) is 10.5. The number of halogens is 4. The molecule has 4 nitrogen and oxygen atoms in total. The van der Waals surface area contributed by atoms with Gasteiger partial charge in [0.25, 0.3) is 6.43 Å². The number of aliphatic hydroxyl groups is 1.